The van der Waals surface area contributed by atoms with Crippen molar-refractivity contribution in [2.45, 2.75) is 52.5 Å². The first-order valence-corrected chi connectivity index (χ1v) is 12.4. The normalized spacial score (nSPS) is 17.6. The summed E-state index contributed by atoms with van der Waals surface area (Å²) in [6, 6.07) is 12.8. The second-order valence-electron chi connectivity index (χ2n) is 9.80. The lowest BCUT2D eigenvalue weighted by Gasteiger charge is -2.26. The summed E-state index contributed by atoms with van der Waals surface area (Å²) in [5.74, 6) is -0.270. The van der Waals surface area contributed by atoms with Crippen molar-refractivity contribution < 1.29 is 19.4 Å². The SMILES string of the molecule is CCCOc1ccc(C(O)=C2C(=O)C(=O)N(CCCN(C)C)[C@H]2c2ccc(C(C)C)cc2)c(C)c1. The highest BCUT2D eigenvalue weighted by Gasteiger charge is 2.45. The van der Waals surface area contributed by atoms with Crippen molar-refractivity contribution in [3.05, 3.63) is 70.3 Å². The molecule has 1 N–H and O–H groups in total. The van der Waals surface area contributed by atoms with Gasteiger partial charge in [-0.1, -0.05) is 45.0 Å². The number of likely N-dealkylation sites (tertiary alicyclic amines) is 1. The molecule has 6 nitrogen and oxygen atoms in total. The van der Waals surface area contributed by atoms with Gasteiger partial charge in [-0.3, -0.25) is 9.59 Å². The summed E-state index contributed by atoms with van der Waals surface area (Å²) < 4.78 is 5.70. The van der Waals surface area contributed by atoms with Crippen LogP contribution in [-0.2, 0) is 9.59 Å². The maximum atomic E-state index is 13.3. The Morgan fingerprint density at radius 3 is 2.37 bits per heavy atom. The maximum absolute atomic E-state index is 13.3. The molecule has 35 heavy (non-hydrogen) atoms. The monoisotopic (exact) mass is 478 g/mol. The summed E-state index contributed by atoms with van der Waals surface area (Å²) >= 11 is 0. The van der Waals surface area contributed by atoms with E-state index in [1.807, 2.05) is 58.3 Å². The number of aliphatic hydroxyl groups excluding tert-OH is 1. The summed E-state index contributed by atoms with van der Waals surface area (Å²) in [5.41, 5.74) is 3.45. The van der Waals surface area contributed by atoms with Crippen molar-refractivity contribution in [2.75, 3.05) is 33.8 Å². The molecule has 1 heterocycles. The average molecular weight is 479 g/mol. The van der Waals surface area contributed by atoms with E-state index in [0.29, 0.717) is 30.4 Å². The zero-order valence-electron chi connectivity index (χ0n) is 21.8. The fourth-order valence-corrected chi connectivity index (χ4v) is 4.43. The Hall–Kier alpha value is -3.12. The Kier molecular flexibility index (Phi) is 8.73. The van der Waals surface area contributed by atoms with Crippen LogP contribution >= 0.6 is 0 Å². The number of ether oxygens (including phenoxy) is 1. The minimum Gasteiger partial charge on any atom is -0.507 e. The first-order valence-electron chi connectivity index (χ1n) is 12.4. The Morgan fingerprint density at radius 2 is 1.80 bits per heavy atom. The quantitative estimate of drug-likeness (QED) is 0.286. The van der Waals surface area contributed by atoms with Crippen LogP contribution in [0, 0.1) is 6.92 Å². The van der Waals surface area contributed by atoms with Crippen molar-refractivity contribution in [1.82, 2.24) is 9.80 Å². The number of benzene rings is 2. The fourth-order valence-electron chi connectivity index (χ4n) is 4.43. The van der Waals surface area contributed by atoms with Gasteiger partial charge in [0.2, 0.25) is 0 Å². The van der Waals surface area contributed by atoms with Crippen LogP contribution < -0.4 is 4.74 Å². The molecule has 0 radical (unpaired) electrons. The molecule has 3 rings (SSSR count). The van der Waals surface area contributed by atoms with Crippen molar-refractivity contribution in [3.8, 4) is 5.75 Å². The molecule has 0 aromatic heterocycles. The van der Waals surface area contributed by atoms with Crippen molar-refractivity contribution >= 4 is 17.4 Å². The first kappa shape index (κ1) is 26.5. The Labute approximate surface area is 209 Å². The molecule has 1 aliphatic rings. The minimum absolute atomic E-state index is 0.141. The number of rotatable bonds is 10. The number of aryl methyl sites for hydroxylation is 1. The molecular formula is C29H38N2O4. The second-order valence-corrected chi connectivity index (χ2v) is 9.80. The summed E-state index contributed by atoms with van der Waals surface area (Å²) in [6.07, 6.45) is 1.62. The number of aliphatic hydroxyl groups is 1. The van der Waals surface area contributed by atoms with Gasteiger partial charge in [0.25, 0.3) is 11.7 Å². The number of carbonyl (C=O) groups is 2. The molecule has 0 aliphatic carbocycles. The molecule has 0 spiro atoms. The highest BCUT2D eigenvalue weighted by molar-refractivity contribution is 6.46. The molecule has 1 atom stereocenters. The summed E-state index contributed by atoms with van der Waals surface area (Å²) in [4.78, 5) is 30.1. The smallest absolute Gasteiger partial charge is 0.295 e. The lowest BCUT2D eigenvalue weighted by Crippen LogP contribution is -2.32. The zero-order valence-corrected chi connectivity index (χ0v) is 21.8. The molecule has 0 saturated carbocycles. The second kappa shape index (κ2) is 11.5. The van der Waals surface area contributed by atoms with Crippen LogP contribution in [0.3, 0.4) is 0 Å². The van der Waals surface area contributed by atoms with E-state index in [-0.39, 0.29) is 11.3 Å². The molecule has 2 aromatic carbocycles. The Bertz CT molecular complexity index is 1090. The van der Waals surface area contributed by atoms with E-state index in [2.05, 4.69) is 18.7 Å². The number of carbonyl (C=O) groups excluding carboxylic acids is 2. The van der Waals surface area contributed by atoms with Gasteiger partial charge >= 0.3 is 0 Å². The number of nitrogens with zero attached hydrogens (tertiary/aromatic N) is 2. The molecule has 0 bridgehead atoms. The molecule has 188 valence electrons. The van der Waals surface area contributed by atoms with Gasteiger partial charge in [0.05, 0.1) is 18.2 Å². The maximum Gasteiger partial charge on any atom is 0.295 e. The Balaban J connectivity index is 2.07. The third-order valence-electron chi connectivity index (χ3n) is 6.39. The van der Waals surface area contributed by atoms with Crippen LogP contribution in [-0.4, -0.2) is 60.4 Å². The fraction of sp³-hybridized carbons (Fsp3) is 0.448. The van der Waals surface area contributed by atoms with Crippen LogP contribution in [0.25, 0.3) is 5.76 Å². The van der Waals surface area contributed by atoms with Crippen LogP contribution in [0.5, 0.6) is 5.75 Å². The molecule has 2 aromatic rings. The number of hydrogen-bond donors (Lipinski definition) is 1. The standard InChI is InChI=1S/C29H38N2O4/c1-7-17-35-23-13-14-24(20(4)18-23)27(32)25-26(22-11-9-21(10-12-22)19(2)3)31(29(34)28(25)33)16-8-15-30(5)6/h9-14,18-19,26,32H,7-8,15-17H2,1-6H3/t26-/m0/s1. The highest BCUT2D eigenvalue weighted by Crippen LogP contribution is 2.40. The van der Waals surface area contributed by atoms with E-state index in [1.54, 1.807) is 17.0 Å². The van der Waals surface area contributed by atoms with Gasteiger partial charge < -0.3 is 19.6 Å². The van der Waals surface area contributed by atoms with Gasteiger partial charge in [0.1, 0.15) is 11.5 Å². The topological polar surface area (TPSA) is 70.1 Å². The van der Waals surface area contributed by atoms with E-state index in [0.717, 1.165) is 30.5 Å². The molecule has 1 aliphatic heterocycles. The van der Waals surface area contributed by atoms with Crippen molar-refractivity contribution in [3.63, 3.8) is 0 Å². The molecular weight excluding hydrogens is 440 g/mol. The van der Waals surface area contributed by atoms with Crippen LogP contribution in [0.2, 0.25) is 0 Å². The van der Waals surface area contributed by atoms with Crippen LogP contribution in [0.1, 0.15) is 67.8 Å². The summed E-state index contributed by atoms with van der Waals surface area (Å²) in [7, 11) is 3.96. The molecule has 1 saturated heterocycles. The van der Waals surface area contributed by atoms with E-state index in [9.17, 15) is 14.7 Å². The number of hydrogen-bond acceptors (Lipinski definition) is 5. The Morgan fingerprint density at radius 1 is 1.11 bits per heavy atom. The van der Waals surface area contributed by atoms with Gasteiger partial charge in [-0.15, -0.1) is 0 Å². The van der Waals surface area contributed by atoms with Crippen LogP contribution in [0.15, 0.2) is 48.0 Å². The molecule has 6 heteroatoms. The third kappa shape index (κ3) is 5.93. The number of amides is 1. The predicted octanol–water partition coefficient (Wildman–Crippen LogP) is 5.28. The van der Waals surface area contributed by atoms with Gasteiger partial charge in [0, 0.05) is 12.1 Å². The van der Waals surface area contributed by atoms with Crippen LogP contribution in [0.4, 0.5) is 0 Å². The van der Waals surface area contributed by atoms with Crippen molar-refractivity contribution in [1.29, 1.82) is 0 Å². The van der Waals surface area contributed by atoms with E-state index in [1.165, 1.54) is 5.56 Å². The predicted molar refractivity (Wildman–Crippen MR) is 140 cm³/mol. The molecule has 0 unspecified atom stereocenters. The zero-order chi connectivity index (χ0) is 25.7. The van der Waals surface area contributed by atoms with E-state index in [4.69, 9.17) is 4.74 Å². The lowest BCUT2D eigenvalue weighted by molar-refractivity contribution is -0.139. The lowest BCUT2D eigenvalue weighted by atomic mass is 9.92. The van der Waals surface area contributed by atoms with E-state index < -0.39 is 17.7 Å². The number of Topliss-reactive ketones (excluding diaryl/α,β-unsaturated/α-hetero) is 1. The largest absolute Gasteiger partial charge is 0.507 e. The average Bonchev–Trinajstić information content (AvgIpc) is 3.07. The summed E-state index contributed by atoms with van der Waals surface area (Å²) in [6.45, 7) is 9.98. The van der Waals surface area contributed by atoms with Gasteiger partial charge in [-0.05, 0) is 81.2 Å². The summed E-state index contributed by atoms with van der Waals surface area (Å²) in [5, 5.41) is 11.4. The number of ketones is 1. The molecule has 1 fully saturated rings. The minimum atomic E-state index is -0.643. The van der Waals surface area contributed by atoms with Gasteiger partial charge in [0.15, 0.2) is 0 Å². The third-order valence-corrected chi connectivity index (χ3v) is 6.39. The van der Waals surface area contributed by atoms with Gasteiger partial charge in [-0.2, -0.15) is 0 Å². The van der Waals surface area contributed by atoms with Crippen molar-refractivity contribution in [2.24, 2.45) is 0 Å². The highest BCUT2D eigenvalue weighted by atomic mass is 16.5. The van der Waals surface area contributed by atoms with E-state index >= 15 is 0 Å². The van der Waals surface area contributed by atoms with Gasteiger partial charge in [-0.25, -0.2) is 0 Å². The molecule has 1 amide bonds. The first-order chi connectivity index (χ1) is 16.6.